The number of nitrogens with two attached hydrogens (primary N) is 1. The molecular weight excluding hydrogens is 308 g/mol. The van der Waals surface area contributed by atoms with Gasteiger partial charge in [-0.25, -0.2) is 0 Å². The first-order valence-corrected chi connectivity index (χ1v) is 8.41. The van der Waals surface area contributed by atoms with Gasteiger partial charge in [0.1, 0.15) is 6.42 Å². The second-order valence-electron chi connectivity index (χ2n) is 5.09. The Kier molecular flexibility index (Phi) is 7.94. The van der Waals surface area contributed by atoms with Crippen LogP contribution < -0.4 is 5.73 Å². The summed E-state index contributed by atoms with van der Waals surface area (Å²) in [4.78, 5) is 47.5. The minimum Gasteiger partial charge on any atom is -0.466 e. The van der Waals surface area contributed by atoms with Crippen LogP contribution in [0.15, 0.2) is 0 Å². The van der Waals surface area contributed by atoms with Crippen LogP contribution in [0.5, 0.6) is 0 Å². The average Bonchev–Trinajstić information content (AvgIpc) is 2.47. The van der Waals surface area contributed by atoms with Crippen LogP contribution in [0.2, 0.25) is 0 Å². The zero-order valence-corrected chi connectivity index (χ0v) is 13.5. The van der Waals surface area contributed by atoms with Gasteiger partial charge < -0.3 is 15.4 Å². The molecule has 0 spiro atoms. The molecule has 0 aromatic carbocycles. The van der Waals surface area contributed by atoms with Crippen molar-refractivity contribution in [2.75, 3.05) is 31.2 Å². The van der Waals surface area contributed by atoms with Crippen LogP contribution in [-0.2, 0) is 23.9 Å². The number of Topliss-reactive ketones (excluding diaryl/α,β-unsaturated/α-hetero) is 1. The number of ether oxygens (including phenoxy) is 1. The molecule has 2 amide bonds. The van der Waals surface area contributed by atoms with Gasteiger partial charge in [0, 0.05) is 13.1 Å². The van der Waals surface area contributed by atoms with Gasteiger partial charge in [-0.15, -0.1) is 11.8 Å². The largest absolute Gasteiger partial charge is 0.466 e. The van der Waals surface area contributed by atoms with E-state index in [9.17, 15) is 19.2 Å². The van der Waals surface area contributed by atoms with E-state index in [0.29, 0.717) is 19.5 Å². The Hall–Kier alpha value is -1.57. The molecular formula is C14H22N2O5S. The van der Waals surface area contributed by atoms with Crippen LogP contribution >= 0.6 is 11.8 Å². The third-order valence-corrected chi connectivity index (χ3v) is 4.29. The average molecular weight is 330 g/mol. The first-order chi connectivity index (χ1) is 10.4. The molecule has 1 aliphatic heterocycles. The van der Waals surface area contributed by atoms with Crippen LogP contribution in [-0.4, -0.2) is 59.7 Å². The van der Waals surface area contributed by atoms with Crippen molar-refractivity contribution in [2.45, 2.75) is 26.2 Å². The van der Waals surface area contributed by atoms with E-state index in [1.807, 2.05) is 0 Å². The number of hydrogen-bond donors (Lipinski definition) is 1. The molecule has 0 aromatic rings. The Bertz CT molecular complexity index is 441. The highest BCUT2D eigenvalue weighted by atomic mass is 32.2. The molecule has 7 nitrogen and oxygen atoms in total. The Labute approximate surface area is 133 Å². The third-order valence-electron chi connectivity index (χ3n) is 3.31. The van der Waals surface area contributed by atoms with Gasteiger partial charge in [0.05, 0.1) is 24.0 Å². The molecule has 1 rings (SSSR count). The number of hydrogen-bond acceptors (Lipinski definition) is 6. The standard InChI is InChI=1S/C14H22N2O5S/c1-2-21-13(19)6-11(17)8-22-9-12(18)16-5-3-4-10(7-16)14(15)20/h10H,2-9H2,1H3,(H2,15,20)/t10-/m1/s1. The highest BCUT2D eigenvalue weighted by Gasteiger charge is 2.26. The number of carbonyl (C=O) groups is 4. The number of thioether (sulfide) groups is 1. The summed E-state index contributed by atoms with van der Waals surface area (Å²) in [6, 6.07) is 0. The van der Waals surface area contributed by atoms with Crippen molar-refractivity contribution >= 4 is 35.3 Å². The van der Waals surface area contributed by atoms with Crippen molar-refractivity contribution in [1.82, 2.24) is 4.90 Å². The smallest absolute Gasteiger partial charge is 0.313 e. The van der Waals surface area contributed by atoms with Crippen molar-refractivity contribution in [3.05, 3.63) is 0 Å². The number of likely N-dealkylation sites (tertiary alicyclic amines) is 1. The lowest BCUT2D eigenvalue weighted by atomic mass is 9.97. The van der Waals surface area contributed by atoms with Crippen LogP contribution in [0.4, 0.5) is 0 Å². The maximum Gasteiger partial charge on any atom is 0.313 e. The minimum atomic E-state index is -0.542. The number of ketones is 1. The summed E-state index contributed by atoms with van der Waals surface area (Å²) in [6.45, 7) is 2.88. The molecule has 1 heterocycles. The van der Waals surface area contributed by atoms with E-state index in [2.05, 4.69) is 4.74 Å². The zero-order valence-electron chi connectivity index (χ0n) is 12.7. The number of primary amides is 1. The molecule has 1 saturated heterocycles. The first kappa shape index (κ1) is 18.5. The number of nitrogens with zero attached hydrogens (tertiary/aromatic N) is 1. The Morgan fingerprint density at radius 3 is 2.64 bits per heavy atom. The number of esters is 1. The molecule has 1 aliphatic rings. The molecule has 1 fully saturated rings. The molecule has 0 aliphatic carbocycles. The monoisotopic (exact) mass is 330 g/mol. The summed E-state index contributed by atoms with van der Waals surface area (Å²) >= 11 is 1.17. The lowest BCUT2D eigenvalue weighted by Gasteiger charge is -2.31. The van der Waals surface area contributed by atoms with Crippen molar-refractivity contribution < 1.29 is 23.9 Å². The SMILES string of the molecule is CCOC(=O)CC(=O)CSCC(=O)N1CCC[C@@H](C(N)=O)C1. The lowest BCUT2D eigenvalue weighted by molar-refractivity contribution is -0.145. The summed E-state index contributed by atoms with van der Waals surface area (Å²) in [6.07, 6.45) is 1.21. The number of amides is 2. The maximum absolute atomic E-state index is 12.0. The predicted molar refractivity (Wildman–Crippen MR) is 82.1 cm³/mol. The van der Waals surface area contributed by atoms with Gasteiger partial charge in [0.25, 0.3) is 0 Å². The Balaban J connectivity index is 2.26. The van der Waals surface area contributed by atoms with Gasteiger partial charge in [-0.05, 0) is 19.8 Å². The van der Waals surface area contributed by atoms with Gasteiger partial charge in [-0.2, -0.15) is 0 Å². The minimum absolute atomic E-state index is 0.0949. The molecule has 0 unspecified atom stereocenters. The van der Waals surface area contributed by atoms with Crippen molar-refractivity contribution in [3.8, 4) is 0 Å². The van der Waals surface area contributed by atoms with Gasteiger partial charge in [0.15, 0.2) is 5.78 Å². The van der Waals surface area contributed by atoms with E-state index >= 15 is 0 Å². The quantitative estimate of drug-likeness (QED) is 0.494. The van der Waals surface area contributed by atoms with E-state index < -0.39 is 5.97 Å². The fourth-order valence-electron chi connectivity index (χ4n) is 2.20. The number of rotatable bonds is 8. The number of piperidine rings is 1. The summed E-state index contributed by atoms with van der Waals surface area (Å²) in [5.74, 6) is -1.33. The summed E-state index contributed by atoms with van der Waals surface area (Å²) in [5.41, 5.74) is 5.27. The van der Waals surface area contributed by atoms with Crippen molar-refractivity contribution in [2.24, 2.45) is 11.7 Å². The molecule has 0 radical (unpaired) electrons. The van der Waals surface area contributed by atoms with Crippen LogP contribution in [0, 0.1) is 5.92 Å². The van der Waals surface area contributed by atoms with Crippen LogP contribution in [0.3, 0.4) is 0 Å². The van der Waals surface area contributed by atoms with Gasteiger partial charge in [-0.1, -0.05) is 0 Å². The van der Waals surface area contributed by atoms with E-state index in [0.717, 1.165) is 6.42 Å². The third kappa shape index (κ3) is 6.46. The second-order valence-corrected chi connectivity index (χ2v) is 6.08. The normalized spacial score (nSPS) is 17.9. The van der Waals surface area contributed by atoms with E-state index in [4.69, 9.17) is 5.73 Å². The fraction of sp³-hybridized carbons (Fsp3) is 0.714. The summed E-state index contributed by atoms with van der Waals surface area (Å²) in [7, 11) is 0. The topological polar surface area (TPSA) is 107 Å². The van der Waals surface area contributed by atoms with Gasteiger partial charge >= 0.3 is 5.97 Å². The second kappa shape index (κ2) is 9.45. The predicted octanol–water partition coefficient (Wildman–Crippen LogP) is -0.0342. The molecule has 0 saturated carbocycles. The molecule has 8 heteroatoms. The van der Waals surface area contributed by atoms with Crippen LogP contribution in [0.1, 0.15) is 26.2 Å². The molecule has 0 aromatic heterocycles. The van der Waals surface area contributed by atoms with Crippen LogP contribution in [0.25, 0.3) is 0 Å². The first-order valence-electron chi connectivity index (χ1n) is 7.26. The molecule has 0 bridgehead atoms. The molecule has 2 N–H and O–H groups in total. The van der Waals surface area contributed by atoms with E-state index in [1.165, 1.54) is 11.8 Å². The fourth-order valence-corrected chi connectivity index (χ4v) is 2.99. The van der Waals surface area contributed by atoms with Crippen molar-refractivity contribution in [3.63, 3.8) is 0 Å². The van der Waals surface area contributed by atoms with Gasteiger partial charge in [-0.3, -0.25) is 19.2 Å². The summed E-state index contributed by atoms with van der Waals surface area (Å²) in [5, 5.41) is 0. The summed E-state index contributed by atoms with van der Waals surface area (Å²) < 4.78 is 4.68. The van der Waals surface area contributed by atoms with Gasteiger partial charge in [0.2, 0.25) is 11.8 Å². The zero-order chi connectivity index (χ0) is 16.5. The molecule has 22 heavy (non-hydrogen) atoms. The van der Waals surface area contributed by atoms with E-state index in [1.54, 1.807) is 11.8 Å². The molecule has 1 atom stereocenters. The molecule has 124 valence electrons. The number of carbonyl (C=O) groups excluding carboxylic acids is 4. The highest BCUT2D eigenvalue weighted by molar-refractivity contribution is 8.00. The maximum atomic E-state index is 12.0. The highest BCUT2D eigenvalue weighted by Crippen LogP contribution is 2.17. The van der Waals surface area contributed by atoms with E-state index in [-0.39, 0.29) is 48.0 Å². The Morgan fingerprint density at radius 2 is 2.00 bits per heavy atom. The lowest BCUT2D eigenvalue weighted by Crippen LogP contribution is -2.44. The van der Waals surface area contributed by atoms with Crippen molar-refractivity contribution in [1.29, 1.82) is 0 Å². The Morgan fingerprint density at radius 1 is 1.27 bits per heavy atom.